The lowest BCUT2D eigenvalue weighted by molar-refractivity contribution is -0.341. The summed E-state index contributed by atoms with van der Waals surface area (Å²) in [6.45, 7) is -1.27. The molecule has 2 saturated heterocycles. The zero-order valence-corrected chi connectivity index (χ0v) is 15.1. The van der Waals surface area contributed by atoms with E-state index >= 15 is 0 Å². The summed E-state index contributed by atoms with van der Waals surface area (Å²) in [5.41, 5.74) is 0. The van der Waals surface area contributed by atoms with Crippen molar-refractivity contribution in [1.29, 1.82) is 0 Å². The van der Waals surface area contributed by atoms with Gasteiger partial charge in [0, 0.05) is 12.3 Å². The number of ether oxygens (including phenoxy) is 3. The number of ketones is 1. The molecule has 2 heterocycles. The molecule has 1 saturated carbocycles. The summed E-state index contributed by atoms with van der Waals surface area (Å²) in [7, 11) is 0. The maximum Gasteiger partial charge on any atom is 0.187 e. The highest BCUT2D eigenvalue weighted by atomic mass is 16.7. The van der Waals surface area contributed by atoms with Gasteiger partial charge in [0.1, 0.15) is 54.6 Å². The Morgan fingerprint density at radius 1 is 0.786 bits per heavy atom. The maximum absolute atomic E-state index is 12.0. The Hall–Kier alpha value is -0.730. The van der Waals surface area contributed by atoms with E-state index in [2.05, 4.69) is 0 Å². The van der Waals surface area contributed by atoms with Gasteiger partial charge in [0.05, 0.1) is 19.3 Å². The Balaban J connectivity index is 1.68. The Labute approximate surface area is 161 Å². The van der Waals surface area contributed by atoms with E-state index in [-0.39, 0.29) is 18.1 Å². The first-order chi connectivity index (χ1) is 13.3. The second-order valence-electron chi connectivity index (χ2n) is 7.62. The first-order valence-electron chi connectivity index (χ1n) is 9.39. The molecule has 162 valence electrons. The summed E-state index contributed by atoms with van der Waals surface area (Å²) in [4.78, 5) is 12.0. The molecule has 3 aliphatic rings. The van der Waals surface area contributed by atoms with Gasteiger partial charge in [-0.1, -0.05) is 0 Å². The molecule has 0 spiro atoms. The van der Waals surface area contributed by atoms with Crippen LogP contribution in [0.25, 0.3) is 0 Å². The molecule has 3 rings (SSSR count). The molecule has 11 nitrogen and oxygen atoms in total. The average Bonchev–Trinajstić information content (AvgIpc) is 3.52. The molecular formula is C17H28O11. The SMILES string of the molecule is O=C(C[C@@H]1O[C@H](CO)[C@@H](OC2O[C@H](CO)[C@@H](O)[C@H](O)[C@H]2O)[C@H](O)[C@H]1O)C1CC1. The van der Waals surface area contributed by atoms with Gasteiger partial charge in [-0.2, -0.15) is 0 Å². The van der Waals surface area contributed by atoms with Crippen LogP contribution < -0.4 is 0 Å². The largest absolute Gasteiger partial charge is 0.394 e. The third-order valence-corrected chi connectivity index (χ3v) is 5.54. The van der Waals surface area contributed by atoms with Crippen LogP contribution in [0.1, 0.15) is 19.3 Å². The van der Waals surface area contributed by atoms with Gasteiger partial charge in [-0.25, -0.2) is 0 Å². The summed E-state index contributed by atoms with van der Waals surface area (Å²) in [6.07, 6.45) is -12.9. The minimum absolute atomic E-state index is 0.0522. The van der Waals surface area contributed by atoms with Crippen molar-refractivity contribution >= 4 is 5.78 Å². The molecule has 0 bridgehead atoms. The molecule has 1 aliphatic carbocycles. The van der Waals surface area contributed by atoms with Gasteiger partial charge in [0.2, 0.25) is 0 Å². The molecule has 0 radical (unpaired) electrons. The lowest BCUT2D eigenvalue weighted by atomic mass is 9.91. The van der Waals surface area contributed by atoms with Gasteiger partial charge in [-0.15, -0.1) is 0 Å². The molecular weight excluding hydrogens is 380 g/mol. The Morgan fingerprint density at radius 3 is 1.96 bits per heavy atom. The van der Waals surface area contributed by atoms with Crippen LogP contribution in [-0.4, -0.2) is 116 Å². The molecule has 0 amide bonds. The lowest BCUT2D eigenvalue weighted by Gasteiger charge is -2.46. The van der Waals surface area contributed by atoms with Gasteiger partial charge >= 0.3 is 0 Å². The molecule has 11 heteroatoms. The fourth-order valence-electron chi connectivity index (χ4n) is 3.61. The van der Waals surface area contributed by atoms with Crippen molar-refractivity contribution in [3.63, 3.8) is 0 Å². The van der Waals surface area contributed by atoms with E-state index in [1.165, 1.54) is 0 Å². The van der Waals surface area contributed by atoms with Crippen molar-refractivity contribution in [2.24, 2.45) is 5.92 Å². The van der Waals surface area contributed by atoms with Crippen LogP contribution in [0.5, 0.6) is 0 Å². The summed E-state index contributed by atoms with van der Waals surface area (Å²) < 4.78 is 16.2. The monoisotopic (exact) mass is 408 g/mol. The van der Waals surface area contributed by atoms with Crippen molar-refractivity contribution in [1.82, 2.24) is 0 Å². The van der Waals surface area contributed by atoms with E-state index in [1.54, 1.807) is 0 Å². The Bertz CT molecular complexity index is 537. The highest BCUT2D eigenvalue weighted by molar-refractivity contribution is 5.83. The van der Waals surface area contributed by atoms with Crippen LogP contribution in [0.4, 0.5) is 0 Å². The molecule has 10 atom stereocenters. The van der Waals surface area contributed by atoms with Crippen LogP contribution in [0.15, 0.2) is 0 Å². The fraction of sp³-hybridized carbons (Fsp3) is 0.941. The van der Waals surface area contributed by atoms with Crippen LogP contribution in [0, 0.1) is 5.92 Å². The normalized spacial score (nSPS) is 47.1. The van der Waals surface area contributed by atoms with Crippen LogP contribution in [0.2, 0.25) is 0 Å². The van der Waals surface area contributed by atoms with Gasteiger partial charge < -0.3 is 50.0 Å². The minimum atomic E-state index is -1.71. The molecule has 0 aromatic rings. The van der Waals surface area contributed by atoms with Gasteiger partial charge in [0.15, 0.2) is 6.29 Å². The number of aliphatic hydroxyl groups is 7. The van der Waals surface area contributed by atoms with Crippen LogP contribution >= 0.6 is 0 Å². The minimum Gasteiger partial charge on any atom is -0.394 e. The highest BCUT2D eigenvalue weighted by Gasteiger charge is 2.50. The number of hydrogen-bond acceptors (Lipinski definition) is 11. The van der Waals surface area contributed by atoms with Crippen LogP contribution in [-0.2, 0) is 19.0 Å². The molecule has 1 unspecified atom stereocenters. The van der Waals surface area contributed by atoms with Gasteiger partial charge in [-0.05, 0) is 12.8 Å². The standard InChI is InChI=1S/C17H28O11/c18-4-9-12(22)13(23)15(25)17(27-9)28-16-10(5-19)26-8(11(21)14(16)24)3-7(20)6-1-2-6/h6,8-19,21-25H,1-5H2/t8-,9+,10+,11-,12+,13-,14+,15+,16+,17?/m0/s1. The van der Waals surface area contributed by atoms with Crippen molar-refractivity contribution in [3.05, 3.63) is 0 Å². The zero-order chi connectivity index (χ0) is 20.6. The molecule has 2 aliphatic heterocycles. The average molecular weight is 408 g/mol. The summed E-state index contributed by atoms with van der Waals surface area (Å²) in [5, 5.41) is 69.3. The zero-order valence-electron chi connectivity index (χ0n) is 15.1. The van der Waals surface area contributed by atoms with Crippen molar-refractivity contribution < 1.29 is 54.8 Å². The first-order valence-corrected chi connectivity index (χ1v) is 9.39. The second-order valence-corrected chi connectivity index (χ2v) is 7.62. The number of aliphatic hydroxyl groups excluding tert-OH is 7. The van der Waals surface area contributed by atoms with E-state index in [4.69, 9.17) is 14.2 Å². The fourth-order valence-corrected chi connectivity index (χ4v) is 3.61. The predicted octanol–water partition coefficient (Wildman–Crippen LogP) is -3.98. The third-order valence-electron chi connectivity index (χ3n) is 5.54. The van der Waals surface area contributed by atoms with Crippen molar-refractivity contribution in [2.45, 2.75) is 80.5 Å². The highest BCUT2D eigenvalue weighted by Crippen LogP contribution is 2.34. The second kappa shape index (κ2) is 8.96. The van der Waals surface area contributed by atoms with Gasteiger partial charge in [0.25, 0.3) is 0 Å². The summed E-state index contributed by atoms with van der Waals surface area (Å²) in [5.74, 6) is -0.134. The quantitative estimate of drug-likeness (QED) is 0.218. The van der Waals surface area contributed by atoms with Gasteiger partial charge in [-0.3, -0.25) is 4.79 Å². The van der Waals surface area contributed by atoms with E-state index in [1.807, 2.05) is 0 Å². The Kier molecular flexibility index (Phi) is 7.03. The Morgan fingerprint density at radius 2 is 1.39 bits per heavy atom. The third kappa shape index (κ3) is 4.38. The van der Waals surface area contributed by atoms with E-state index < -0.39 is 74.4 Å². The molecule has 28 heavy (non-hydrogen) atoms. The number of carbonyl (C=O) groups is 1. The van der Waals surface area contributed by atoms with Crippen LogP contribution in [0.3, 0.4) is 0 Å². The lowest BCUT2D eigenvalue weighted by Crippen LogP contribution is -2.64. The summed E-state index contributed by atoms with van der Waals surface area (Å²) >= 11 is 0. The molecule has 7 N–H and O–H groups in total. The topological polar surface area (TPSA) is 186 Å². The molecule has 3 fully saturated rings. The van der Waals surface area contributed by atoms with E-state index in [9.17, 15) is 40.5 Å². The van der Waals surface area contributed by atoms with Crippen molar-refractivity contribution in [3.8, 4) is 0 Å². The van der Waals surface area contributed by atoms with E-state index in [0.29, 0.717) is 0 Å². The number of hydrogen-bond donors (Lipinski definition) is 7. The number of carbonyl (C=O) groups excluding carboxylic acids is 1. The maximum atomic E-state index is 12.0. The number of Topliss-reactive ketones (excluding diaryl/α,β-unsaturated/α-hetero) is 1. The first kappa shape index (κ1) is 22.0. The predicted molar refractivity (Wildman–Crippen MR) is 88.7 cm³/mol. The van der Waals surface area contributed by atoms with E-state index in [0.717, 1.165) is 12.8 Å². The molecule has 0 aromatic heterocycles. The smallest absolute Gasteiger partial charge is 0.187 e. The summed E-state index contributed by atoms with van der Waals surface area (Å²) in [6, 6.07) is 0. The number of rotatable bonds is 7. The molecule has 0 aromatic carbocycles. The van der Waals surface area contributed by atoms with Crippen molar-refractivity contribution in [2.75, 3.05) is 13.2 Å².